The fraction of sp³-hybridized carbons (Fsp3) is 0.267. The summed E-state index contributed by atoms with van der Waals surface area (Å²) in [5.74, 6) is -0.237. The molecule has 0 aliphatic heterocycles. The molecule has 0 fully saturated rings. The van der Waals surface area contributed by atoms with E-state index >= 15 is 0 Å². The third-order valence-corrected chi connectivity index (χ3v) is 4.39. The van der Waals surface area contributed by atoms with Gasteiger partial charge in [-0.2, -0.15) is 0 Å². The van der Waals surface area contributed by atoms with Gasteiger partial charge in [0.15, 0.2) is 0 Å². The second kappa shape index (κ2) is 7.90. The van der Waals surface area contributed by atoms with E-state index in [0.29, 0.717) is 13.0 Å². The van der Waals surface area contributed by atoms with Gasteiger partial charge in [-0.3, -0.25) is 14.6 Å². The van der Waals surface area contributed by atoms with Crippen molar-refractivity contribution in [3.8, 4) is 0 Å². The van der Waals surface area contributed by atoms with Crippen LogP contribution in [0.5, 0.6) is 0 Å². The average molecular weight is 366 g/mol. The van der Waals surface area contributed by atoms with E-state index in [4.69, 9.17) is 5.14 Å². The van der Waals surface area contributed by atoms with Crippen molar-refractivity contribution in [3.05, 3.63) is 62.9 Å². The van der Waals surface area contributed by atoms with Crippen molar-refractivity contribution >= 4 is 15.9 Å². The number of aromatic nitrogens is 2. The van der Waals surface area contributed by atoms with E-state index in [1.165, 1.54) is 29.0 Å². The van der Waals surface area contributed by atoms with E-state index < -0.39 is 21.3 Å². The summed E-state index contributed by atoms with van der Waals surface area (Å²) >= 11 is 0. The van der Waals surface area contributed by atoms with Crippen LogP contribution >= 0.6 is 0 Å². The van der Waals surface area contributed by atoms with E-state index in [0.717, 1.165) is 5.56 Å². The summed E-state index contributed by atoms with van der Waals surface area (Å²) in [7, 11) is -3.71. The predicted molar refractivity (Wildman–Crippen MR) is 90.5 cm³/mol. The first kappa shape index (κ1) is 18.6. The number of aromatic amines is 1. The van der Waals surface area contributed by atoms with Gasteiger partial charge < -0.3 is 9.88 Å². The fourth-order valence-electron chi connectivity index (χ4n) is 2.12. The molecule has 2 rings (SSSR count). The lowest BCUT2D eigenvalue weighted by Gasteiger charge is -2.07. The molecule has 1 aromatic carbocycles. The van der Waals surface area contributed by atoms with E-state index in [1.807, 2.05) is 0 Å². The van der Waals surface area contributed by atoms with Crippen LogP contribution in [-0.2, 0) is 27.8 Å². The molecular weight excluding hydrogens is 348 g/mol. The Balaban J connectivity index is 1.78. The Kier molecular flexibility index (Phi) is 5.88. The first-order chi connectivity index (χ1) is 11.8. The summed E-state index contributed by atoms with van der Waals surface area (Å²) in [6.45, 7) is 0.526. The highest BCUT2D eigenvalue weighted by Crippen LogP contribution is 2.08. The third-order valence-electron chi connectivity index (χ3n) is 3.46. The van der Waals surface area contributed by atoms with E-state index in [-0.39, 0.29) is 23.8 Å². The van der Waals surface area contributed by atoms with Gasteiger partial charge in [0.1, 0.15) is 0 Å². The molecule has 0 radical (unpaired) electrons. The number of aryl methyl sites for hydroxylation is 1. The number of nitrogens with one attached hydrogen (secondary N) is 2. The van der Waals surface area contributed by atoms with Crippen molar-refractivity contribution in [1.29, 1.82) is 0 Å². The van der Waals surface area contributed by atoms with Crippen LogP contribution in [-0.4, -0.2) is 30.4 Å². The molecule has 4 N–H and O–H groups in total. The van der Waals surface area contributed by atoms with Gasteiger partial charge in [-0.25, -0.2) is 18.4 Å². The van der Waals surface area contributed by atoms with Crippen LogP contribution in [0, 0.1) is 0 Å². The minimum atomic E-state index is -3.71. The Bertz CT molecular complexity index is 960. The zero-order valence-corrected chi connectivity index (χ0v) is 14.1. The average Bonchev–Trinajstić information content (AvgIpc) is 2.53. The zero-order chi connectivity index (χ0) is 18.4. The molecule has 1 aromatic heterocycles. The minimum absolute atomic E-state index is 0.0339. The number of carbonyl (C=O) groups excluding carboxylic acids is 1. The van der Waals surface area contributed by atoms with Gasteiger partial charge in [-0.15, -0.1) is 0 Å². The summed E-state index contributed by atoms with van der Waals surface area (Å²) in [5, 5.41) is 7.73. The van der Waals surface area contributed by atoms with Crippen molar-refractivity contribution in [2.24, 2.45) is 5.14 Å². The van der Waals surface area contributed by atoms with Crippen LogP contribution in [0.25, 0.3) is 0 Å². The van der Waals surface area contributed by atoms with Crippen LogP contribution in [0.15, 0.2) is 51.0 Å². The Labute approximate surface area is 143 Å². The molecule has 1 amide bonds. The molecule has 134 valence electrons. The maximum absolute atomic E-state index is 11.8. The third kappa shape index (κ3) is 5.69. The fourth-order valence-corrected chi connectivity index (χ4v) is 2.64. The number of primary sulfonamides is 1. The largest absolute Gasteiger partial charge is 0.356 e. The number of carbonyl (C=O) groups is 1. The number of amides is 1. The van der Waals surface area contributed by atoms with Gasteiger partial charge in [0.25, 0.3) is 5.56 Å². The maximum Gasteiger partial charge on any atom is 0.328 e. The lowest BCUT2D eigenvalue weighted by molar-refractivity contribution is -0.121. The molecule has 2 aromatic rings. The van der Waals surface area contributed by atoms with Crippen molar-refractivity contribution in [2.75, 3.05) is 6.54 Å². The number of benzene rings is 1. The van der Waals surface area contributed by atoms with Crippen LogP contribution in [0.2, 0.25) is 0 Å². The van der Waals surface area contributed by atoms with Crippen LogP contribution in [0.1, 0.15) is 12.0 Å². The van der Waals surface area contributed by atoms with Gasteiger partial charge in [-0.1, -0.05) is 12.1 Å². The lowest BCUT2D eigenvalue weighted by atomic mass is 10.1. The van der Waals surface area contributed by atoms with Crippen LogP contribution < -0.4 is 21.7 Å². The summed E-state index contributed by atoms with van der Waals surface area (Å²) < 4.78 is 23.6. The minimum Gasteiger partial charge on any atom is -0.356 e. The number of H-pyrrole nitrogens is 1. The maximum atomic E-state index is 11.8. The van der Waals surface area contributed by atoms with Gasteiger partial charge in [0, 0.05) is 31.8 Å². The Morgan fingerprint density at radius 3 is 2.44 bits per heavy atom. The van der Waals surface area contributed by atoms with E-state index in [9.17, 15) is 22.8 Å². The molecule has 0 saturated heterocycles. The van der Waals surface area contributed by atoms with Crippen molar-refractivity contribution < 1.29 is 13.2 Å². The molecule has 1 heterocycles. The van der Waals surface area contributed by atoms with Gasteiger partial charge in [0.05, 0.1) is 4.90 Å². The first-order valence-electron chi connectivity index (χ1n) is 7.44. The Morgan fingerprint density at radius 1 is 1.16 bits per heavy atom. The number of rotatable bonds is 7. The summed E-state index contributed by atoms with van der Waals surface area (Å²) in [6.07, 6.45) is 1.95. The molecule has 0 bridgehead atoms. The smallest absolute Gasteiger partial charge is 0.328 e. The van der Waals surface area contributed by atoms with Crippen LogP contribution in [0.4, 0.5) is 0 Å². The quantitative estimate of drug-likeness (QED) is 0.572. The molecule has 0 saturated carbocycles. The standard InChI is InChI=1S/C15H18N4O5S/c16-25(23,24)12-3-1-11(2-4-12)5-8-17-13(20)6-9-19-10-7-14(21)18-15(19)22/h1-4,7,10H,5-6,8-9H2,(H,17,20)(H2,16,23,24)(H,18,21,22). The second-order valence-corrected chi connectivity index (χ2v) is 6.90. The van der Waals surface area contributed by atoms with Gasteiger partial charge in [-0.05, 0) is 24.1 Å². The Hall–Kier alpha value is -2.72. The molecule has 25 heavy (non-hydrogen) atoms. The van der Waals surface area contributed by atoms with Crippen LogP contribution in [0.3, 0.4) is 0 Å². The highest BCUT2D eigenvalue weighted by Gasteiger charge is 2.07. The zero-order valence-electron chi connectivity index (χ0n) is 13.3. The van der Waals surface area contributed by atoms with Gasteiger partial charge >= 0.3 is 5.69 Å². The highest BCUT2D eigenvalue weighted by molar-refractivity contribution is 7.89. The molecule has 0 spiro atoms. The second-order valence-electron chi connectivity index (χ2n) is 5.34. The topological polar surface area (TPSA) is 144 Å². The SMILES string of the molecule is NS(=O)(=O)c1ccc(CCNC(=O)CCn2ccc(=O)[nH]c2=O)cc1. The summed E-state index contributed by atoms with van der Waals surface area (Å²) in [6, 6.07) is 7.30. The molecule has 0 atom stereocenters. The number of sulfonamides is 1. The summed E-state index contributed by atoms with van der Waals surface area (Å²) in [4.78, 5) is 36.3. The summed E-state index contributed by atoms with van der Waals surface area (Å²) in [5.41, 5.74) is -0.195. The number of nitrogens with two attached hydrogens (primary N) is 1. The molecule has 0 aliphatic carbocycles. The highest BCUT2D eigenvalue weighted by atomic mass is 32.2. The number of nitrogens with zero attached hydrogens (tertiary/aromatic N) is 1. The van der Waals surface area contributed by atoms with E-state index in [1.54, 1.807) is 12.1 Å². The lowest BCUT2D eigenvalue weighted by Crippen LogP contribution is -2.31. The molecule has 0 aliphatic rings. The van der Waals surface area contributed by atoms with Crippen molar-refractivity contribution in [3.63, 3.8) is 0 Å². The Morgan fingerprint density at radius 2 is 1.84 bits per heavy atom. The first-order valence-corrected chi connectivity index (χ1v) is 8.98. The molecule has 9 nitrogen and oxygen atoms in total. The predicted octanol–water partition coefficient (Wildman–Crippen LogP) is -1.07. The number of hydrogen-bond donors (Lipinski definition) is 3. The monoisotopic (exact) mass is 366 g/mol. The van der Waals surface area contributed by atoms with Crippen molar-refractivity contribution in [1.82, 2.24) is 14.9 Å². The van der Waals surface area contributed by atoms with E-state index in [2.05, 4.69) is 10.3 Å². The van der Waals surface area contributed by atoms with Gasteiger partial charge in [0.2, 0.25) is 15.9 Å². The number of hydrogen-bond acceptors (Lipinski definition) is 5. The normalized spacial score (nSPS) is 11.2. The molecular formula is C15H18N4O5S. The molecule has 0 unspecified atom stereocenters. The van der Waals surface area contributed by atoms with Crippen molar-refractivity contribution in [2.45, 2.75) is 24.3 Å². The molecule has 10 heteroatoms.